The number of fused-ring (bicyclic) bond motifs is 1. The molecule has 0 aliphatic rings. The third-order valence-electron chi connectivity index (χ3n) is 4.26. The highest BCUT2D eigenvalue weighted by atomic mass is 32.2. The van der Waals surface area contributed by atoms with Crippen molar-refractivity contribution in [2.75, 3.05) is 0 Å². The molecule has 2 aromatic heterocycles. The Bertz CT molecular complexity index is 1050. The Hall–Kier alpha value is -2.60. The molecule has 0 saturated heterocycles. The fraction of sp³-hybridized carbons (Fsp3) is 0.211. The van der Waals surface area contributed by atoms with Gasteiger partial charge in [-0.05, 0) is 42.7 Å². The molecular weight excluding hydrogens is 338 g/mol. The summed E-state index contributed by atoms with van der Waals surface area (Å²) in [6.07, 6.45) is 1.45. The van der Waals surface area contributed by atoms with Gasteiger partial charge in [-0.1, -0.05) is 35.9 Å². The molecule has 0 saturated carbocycles. The monoisotopic (exact) mass is 357 g/mol. The van der Waals surface area contributed by atoms with Crippen LogP contribution in [0.15, 0.2) is 53.7 Å². The summed E-state index contributed by atoms with van der Waals surface area (Å²) in [6.45, 7) is 3.62. The van der Waals surface area contributed by atoms with Crippen molar-refractivity contribution in [1.29, 1.82) is 0 Å². The molecule has 0 spiro atoms. The predicted octanol–water partition coefficient (Wildman–Crippen LogP) is 3.16. The molecule has 0 bridgehead atoms. The molecular formula is C19H19NO4S. The predicted molar refractivity (Wildman–Crippen MR) is 95.5 cm³/mol. The number of benzene rings is 1. The van der Waals surface area contributed by atoms with Gasteiger partial charge in [0, 0.05) is 6.20 Å². The van der Waals surface area contributed by atoms with Crippen molar-refractivity contribution in [3.05, 3.63) is 70.9 Å². The molecule has 130 valence electrons. The van der Waals surface area contributed by atoms with Crippen molar-refractivity contribution in [1.82, 2.24) is 4.40 Å². The number of carboxylic acid groups (broad SMARTS) is 1. The maximum Gasteiger partial charge on any atom is 0.307 e. The maximum absolute atomic E-state index is 13.1. The first-order valence-electron chi connectivity index (χ1n) is 7.88. The lowest BCUT2D eigenvalue weighted by Crippen LogP contribution is -2.09. The molecule has 0 fully saturated rings. The standard InChI is InChI=1S/C19H19NO4S/c1-13-6-8-15(9-7-13)12-25(23,24)19-14(2)16(11-18(21)22)17-5-3-4-10-20(17)19/h3-10H,11-12H2,1-2H3,(H,21,22). The van der Waals surface area contributed by atoms with Crippen molar-refractivity contribution in [3.63, 3.8) is 0 Å². The maximum atomic E-state index is 13.1. The number of carbonyl (C=O) groups is 1. The van der Waals surface area contributed by atoms with E-state index in [1.807, 2.05) is 19.1 Å². The van der Waals surface area contributed by atoms with Gasteiger partial charge in [0.25, 0.3) is 0 Å². The SMILES string of the molecule is Cc1ccc(CS(=O)(=O)c2c(C)c(CC(=O)O)c3ccccn23)cc1. The summed E-state index contributed by atoms with van der Waals surface area (Å²) in [6, 6.07) is 12.6. The van der Waals surface area contributed by atoms with Gasteiger partial charge >= 0.3 is 5.97 Å². The molecule has 5 nitrogen and oxygen atoms in total. The molecule has 0 atom stereocenters. The van der Waals surface area contributed by atoms with Crippen LogP contribution in [0.5, 0.6) is 0 Å². The van der Waals surface area contributed by atoms with Gasteiger partial charge in [0.2, 0.25) is 0 Å². The van der Waals surface area contributed by atoms with E-state index in [1.165, 1.54) is 0 Å². The van der Waals surface area contributed by atoms with Crippen molar-refractivity contribution in [2.24, 2.45) is 0 Å². The van der Waals surface area contributed by atoms with Crippen LogP contribution in [0.25, 0.3) is 5.52 Å². The Labute approximate surface area is 146 Å². The van der Waals surface area contributed by atoms with Crippen LogP contribution in [0.3, 0.4) is 0 Å². The molecule has 1 aromatic carbocycles. The molecule has 3 aromatic rings. The molecule has 1 N–H and O–H groups in total. The summed E-state index contributed by atoms with van der Waals surface area (Å²) in [5, 5.41) is 9.33. The molecule has 25 heavy (non-hydrogen) atoms. The topological polar surface area (TPSA) is 75.8 Å². The number of aliphatic carboxylic acids is 1. The molecule has 0 radical (unpaired) electrons. The Kier molecular flexibility index (Phi) is 4.39. The summed E-state index contributed by atoms with van der Waals surface area (Å²) >= 11 is 0. The number of pyridine rings is 1. The number of sulfone groups is 1. The third kappa shape index (κ3) is 3.30. The number of hydrogen-bond donors (Lipinski definition) is 1. The lowest BCUT2D eigenvalue weighted by Gasteiger charge is -2.07. The zero-order valence-electron chi connectivity index (χ0n) is 14.1. The molecule has 0 unspecified atom stereocenters. The number of nitrogens with zero attached hydrogens (tertiary/aromatic N) is 1. The van der Waals surface area contributed by atoms with Gasteiger partial charge in [-0.3, -0.25) is 4.79 Å². The highest BCUT2D eigenvalue weighted by molar-refractivity contribution is 7.90. The molecule has 0 aliphatic heterocycles. The highest BCUT2D eigenvalue weighted by Crippen LogP contribution is 2.29. The normalized spacial score (nSPS) is 11.8. The summed E-state index contributed by atoms with van der Waals surface area (Å²) in [4.78, 5) is 11.2. The summed E-state index contributed by atoms with van der Waals surface area (Å²) in [5.74, 6) is -1.11. The minimum atomic E-state index is -3.63. The summed E-state index contributed by atoms with van der Waals surface area (Å²) in [7, 11) is -3.63. The average Bonchev–Trinajstić information content (AvgIpc) is 2.82. The number of aromatic nitrogens is 1. The van der Waals surface area contributed by atoms with Gasteiger partial charge in [-0.15, -0.1) is 0 Å². The second-order valence-electron chi connectivity index (χ2n) is 6.18. The van der Waals surface area contributed by atoms with Gasteiger partial charge in [0.15, 0.2) is 9.84 Å². The Morgan fingerprint density at radius 2 is 1.76 bits per heavy atom. The van der Waals surface area contributed by atoms with Crippen LogP contribution in [-0.4, -0.2) is 23.9 Å². The number of rotatable bonds is 5. The van der Waals surface area contributed by atoms with Crippen LogP contribution in [0.4, 0.5) is 0 Å². The van der Waals surface area contributed by atoms with Gasteiger partial charge in [0.1, 0.15) is 5.03 Å². The van der Waals surface area contributed by atoms with Crippen molar-refractivity contribution in [3.8, 4) is 0 Å². The molecule has 3 rings (SSSR count). The fourth-order valence-corrected chi connectivity index (χ4v) is 4.91. The number of aryl methyl sites for hydroxylation is 1. The van der Waals surface area contributed by atoms with Gasteiger partial charge in [0.05, 0.1) is 17.7 Å². The third-order valence-corrected chi connectivity index (χ3v) is 6.07. The van der Waals surface area contributed by atoms with Crippen molar-refractivity contribution in [2.45, 2.75) is 31.0 Å². The Balaban J connectivity index is 2.15. The first-order chi connectivity index (χ1) is 11.8. The molecule has 0 amide bonds. The van der Waals surface area contributed by atoms with E-state index < -0.39 is 15.8 Å². The molecule has 6 heteroatoms. The first-order valence-corrected chi connectivity index (χ1v) is 9.53. The summed E-state index contributed by atoms with van der Waals surface area (Å²) in [5.41, 5.74) is 3.42. The first kappa shape index (κ1) is 17.2. The van der Waals surface area contributed by atoms with Gasteiger partial charge < -0.3 is 9.51 Å². The van der Waals surface area contributed by atoms with Crippen LogP contribution >= 0.6 is 0 Å². The zero-order valence-corrected chi connectivity index (χ0v) is 14.9. The Morgan fingerprint density at radius 1 is 1.08 bits per heavy atom. The molecule has 0 aliphatic carbocycles. The largest absolute Gasteiger partial charge is 0.481 e. The second kappa shape index (κ2) is 6.37. The van der Waals surface area contributed by atoms with Crippen LogP contribution in [0, 0.1) is 13.8 Å². The van der Waals surface area contributed by atoms with E-state index in [1.54, 1.807) is 47.9 Å². The number of carboxylic acids is 1. The minimum Gasteiger partial charge on any atom is -0.481 e. The van der Waals surface area contributed by atoms with Crippen LogP contribution in [-0.2, 0) is 26.8 Å². The summed E-state index contributed by atoms with van der Waals surface area (Å²) < 4.78 is 27.7. The lowest BCUT2D eigenvalue weighted by atomic mass is 10.1. The number of hydrogen-bond acceptors (Lipinski definition) is 3. The lowest BCUT2D eigenvalue weighted by molar-refractivity contribution is -0.136. The van der Waals surface area contributed by atoms with E-state index in [0.29, 0.717) is 22.2 Å². The fourth-order valence-electron chi connectivity index (χ4n) is 3.10. The Morgan fingerprint density at radius 3 is 2.40 bits per heavy atom. The van der Waals surface area contributed by atoms with E-state index in [9.17, 15) is 13.2 Å². The van der Waals surface area contributed by atoms with Gasteiger partial charge in [-0.2, -0.15) is 0 Å². The van der Waals surface area contributed by atoms with E-state index in [2.05, 4.69) is 0 Å². The highest BCUT2D eigenvalue weighted by Gasteiger charge is 2.26. The van der Waals surface area contributed by atoms with E-state index in [0.717, 1.165) is 5.56 Å². The zero-order chi connectivity index (χ0) is 18.2. The smallest absolute Gasteiger partial charge is 0.307 e. The van der Waals surface area contributed by atoms with E-state index in [-0.39, 0.29) is 17.2 Å². The van der Waals surface area contributed by atoms with Crippen LogP contribution in [0.1, 0.15) is 22.3 Å². The van der Waals surface area contributed by atoms with Crippen LogP contribution < -0.4 is 0 Å². The quantitative estimate of drug-likeness (QED) is 0.761. The minimum absolute atomic E-state index is 0.123. The molecule has 2 heterocycles. The van der Waals surface area contributed by atoms with Crippen LogP contribution in [0.2, 0.25) is 0 Å². The average molecular weight is 357 g/mol. The second-order valence-corrected chi connectivity index (χ2v) is 8.08. The van der Waals surface area contributed by atoms with Crippen molar-refractivity contribution < 1.29 is 18.3 Å². The van der Waals surface area contributed by atoms with E-state index >= 15 is 0 Å². The van der Waals surface area contributed by atoms with Gasteiger partial charge in [-0.25, -0.2) is 8.42 Å². The van der Waals surface area contributed by atoms with Crippen molar-refractivity contribution >= 4 is 21.3 Å². The van der Waals surface area contributed by atoms with E-state index in [4.69, 9.17) is 5.11 Å².